The lowest BCUT2D eigenvalue weighted by atomic mass is 10.1. The number of hydrogen-bond acceptors (Lipinski definition) is 5. The van der Waals surface area contributed by atoms with E-state index >= 15 is 0 Å². The van der Waals surface area contributed by atoms with E-state index in [2.05, 4.69) is 15.5 Å². The van der Waals surface area contributed by atoms with Crippen molar-refractivity contribution in [2.24, 2.45) is 0 Å². The molecule has 0 radical (unpaired) electrons. The number of rotatable bonds is 4. The number of carbonyl (C=O) groups is 3. The van der Waals surface area contributed by atoms with E-state index in [-0.39, 0.29) is 24.1 Å². The van der Waals surface area contributed by atoms with E-state index in [0.717, 1.165) is 11.4 Å². The summed E-state index contributed by atoms with van der Waals surface area (Å²) in [7, 11) is 1.64. The van der Waals surface area contributed by atoms with Gasteiger partial charge in [-0.1, -0.05) is 24.3 Å². The Morgan fingerprint density at radius 2 is 1.73 bits per heavy atom. The normalized spacial score (nSPS) is 18.8. The van der Waals surface area contributed by atoms with Gasteiger partial charge in [0, 0.05) is 26.2 Å². The second-order valence-electron chi connectivity index (χ2n) is 7.30. The van der Waals surface area contributed by atoms with Crippen molar-refractivity contribution in [3.05, 3.63) is 54.1 Å². The molecule has 0 spiro atoms. The number of anilines is 2. The highest BCUT2D eigenvalue weighted by Crippen LogP contribution is 2.28. The molecule has 1 atom stereocenters. The zero-order valence-corrected chi connectivity index (χ0v) is 16.8. The van der Waals surface area contributed by atoms with Crippen LogP contribution in [0, 0.1) is 0 Å². The maximum Gasteiger partial charge on any atom is 0.254 e. The SMILES string of the molecule is COc1ccccc1N1CCN(C(=O)C[C@@H]2NC(=O)c3ccccc3NC2=O)CC1. The van der Waals surface area contributed by atoms with Gasteiger partial charge in [-0.05, 0) is 24.3 Å². The summed E-state index contributed by atoms with van der Waals surface area (Å²) < 4.78 is 5.43. The Morgan fingerprint density at radius 1 is 1.03 bits per heavy atom. The van der Waals surface area contributed by atoms with Crippen molar-refractivity contribution >= 4 is 29.1 Å². The third kappa shape index (κ3) is 3.94. The lowest BCUT2D eigenvalue weighted by molar-refractivity contribution is -0.134. The number of ether oxygens (including phenoxy) is 1. The summed E-state index contributed by atoms with van der Waals surface area (Å²) in [5.74, 6) is -0.0900. The number of amides is 3. The van der Waals surface area contributed by atoms with E-state index in [4.69, 9.17) is 4.74 Å². The van der Waals surface area contributed by atoms with Crippen LogP contribution in [0.2, 0.25) is 0 Å². The zero-order chi connectivity index (χ0) is 21.1. The topological polar surface area (TPSA) is 91.0 Å². The highest BCUT2D eigenvalue weighted by Gasteiger charge is 2.32. The summed E-state index contributed by atoms with van der Waals surface area (Å²) in [6.45, 7) is 2.42. The minimum absolute atomic E-state index is 0.0692. The van der Waals surface area contributed by atoms with Crippen LogP contribution in [0.4, 0.5) is 11.4 Å². The maximum atomic E-state index is 12.8. The van der Waals surface area contributed by atoms with Crippen molar-refractivity contribution in [3.63, 3.8) is 0 Å². The van der Waals surface area contributed by atoms with Crippen LogP contribution in [0.5, 0.6) is 5.75 Å². The molecular formula is C22H24N4O4. The van der Waals surface area contributed by atoms with Gasteiger partial charge >= 0.3 is 0 Å². The first-order valence-electron chi connectivity index (χ1n) is 9.93. The van der Waals surface area contributed by atoms with Gasteiger partial charge in [0.15, 0.2) is 0 Å². The van der Waals surface area contributed by atoms with Gasteiger partial charge in [-0.15, -0.1) is 0 Å². The molecule has 4 rings (SSSR count). The van der Waals surface area contributed by atoms with Gasteiger partial charge in [0.2, 0.25) is 11.8 Å². The van der Waals surface area contributed by atoms with E-state index < -0.39 is 6.04 Å². The Morgan fingerprint density at radius 3 is 2.50 bits per heavy atom. The summed E-state index contributed by atoms with van der Waals surface area (Å²) in [6.07, 6.45) is -0.0692. The van der Waals surface area contributed by atoms with Gasteiger partial charge in [0.1, 0.15) is 11.8 Å². The van der Waals surface area contributed by atoms with Crippen molar-refractivity contribution in [1.29, 1.82) is 0 Å². The number of carbonyl (C=O) groups excluding carboxylic acids is 3. The molecule has 8 nitrogen and oxygen atoms in total. The monoisotopic (exact) mass is 408 g/mol. The summed E-state index contributed by atoms with van der Waals surface area (Å²) in [5, 5.41) is 5.42. The molecule has 0 aliphatic carbocycles. The Balaban J connectivity index is 1.37. The number of piperazine rings is 1. The minimum Gasteiger partial charge on any atom is -0.495 e. The van der Waals surface area contributed by atoms with Crippen LogP contribution in [-0.4, -0.2) is 62.0 Å². The molecule has 156 valence electrons. The molecule has 0 aromatic heterocycles. The van der Waals surface area contributed by atoms with E-state index in [1.807, 2.05) is 24.3 Å². The molecule has 2 aromatic carbocycles. The van der Waals surface area contributed by atoms with Gasteiger partial charge in [-0.3, -0.25) is 14.4 Å². The zero-order valence-electron chi connectivity index (χ0n) is 16.8. The molecular weight excluding hydrogens is 384 g/mol. The smallest absolute Gasteiger partial charge is 0.254 e. The van der Waals surface area contributed by atoms with Crippen LogP contribution in [-0.2, 0) is 9.59 Å². The third-order valence-electron chi connectivity index (χ3n) is 5.49. The molecule has 0 saturated carbocycles. The summed E-state index contributed by atoms with van der Waals surface area (Å²) >= 11 is 0. The molecule has 2 heterocycles. The predicted octanol–water partition coefficient (Wildman–Crippen LogP) is 1.48. The van der Waals surface area contributed by atoms with Crippen molar-refractivity contribution < 1.29 is 19.1 Å². The Hall–Kier alpha value is -3.55. The van der Waals surface area contributed by atoms with Gasteiger partial charge in [-0.25, -0.2) is 0 Å². The molecule has 8 heteroatoms. The highest BCUT2D eigenvalue weighted by molar-refractivity contribution is 6.10. The number of benzene rings is 2. The Labute approximate surface area is 174 Å². The number of hydrogen-bond donors (Lipinski definition) is 2. The third-order valence-corrected chi connectivity index (χ3v) is 5.49. The molecule has 0 unspecified atom stereocenters. The molecule has 3 amide bonds. The minimum atomic E-state index is -0.898. The number of nitrogens with zero attached hydrogens (tertiary/aromatic N) is 2. The van der Waals surface area contributed by atoms with Crippen molar-refractivity contribution in [2.75, 3.05) is 43.5 Å². The van der Waals surface area contributed by atoms with Crippen LogP contribution in [0.25, 0.3) is 0 Å². The average Bonchev–Trinajstić information content (AvgIpc) is 2.90. The van der Waals surface area contributed by atoms with Crippen LogP contribution in [0.1, 0.15) is 16.8 Å². The number of para-hydroxylation sites is 3. The summed E-state index contributed by atoms with van der Waals surface area (Å²) in [4.78, 5) is 41.7. The molecule has 2 aliphatic heterocycles. The first kappa shape index (κ1) is 19.8. The van der Waals surface area contributed by atoms with Crippen molar-refractivity contribution in [3.8, 4) is 5.75 Å². The lowest BCUT2D eigenvalue weighted by Gasteiger charge is -2.37. The molecule has 2 N–H and O–H groups in total. The van der Waals surface area contributed by atoms with Crippen LogP contribution < -0.4 is 20.3 Å². The van der Waals surface area contributed by atoms with Crippen LogP contribution in [0.3, 0.4) is 0 Å². The molecule has 1 fully saturated rings. The van der Waals surface area contributed by atoms with Gasteiger partial charge in [-0.2, -0.15) is 0 Å². The number of fused-ring (bicyclic) bond motifs is 1. The predicted molar refractivity (Wildman–Crippen MR) is 113 cm³/mol. The number of methoxy groups -OCH3 is 1. The van der Waals surface area contributed by atoms with Gasteiger partial charge < -0.3 is 25.2 Å². The van der Waals surface area contributed by atoms with E-state index in [9.17, 15) is 14.4 Å². The summed E-state index contributed by atoms with van der Waals surface area (Å²) in [6, 6.07) is 13.7. The van der Waals surface area contributed by atoms with Crippen molar-refractivity contribution in [1.82, 2.24) is 10.2 Å². The van der Waals surface area contributed by atoms with Crippen LogP contribution in [0.15, 0.2) is 48.5 Å². The van der Waals surface area contributed by atoms with E-state index in [1.54, 1.807) is 36.3 Å². The quantitative estimate of drug-likeness (QED) is 0.800. The fourth-order valence-electron chi connectivity index (χ4n) is 3.85. The summed E-state index contributed by atoms with van der Waals surface area (Å²) in [5.41, 5.74) is 1.85. The first-order chi connectivity index (χ1) is 14.6. The Bertz CT molecular complexity index is 969. The standard InChI is InChI=1S/C22H24N4O4/c1-30-19-9-5-4-8-18(19)25-10-12-26(13-11-25)20(27)14-17-22(29)23-16-7-3-2-6-15(16)21(28)24-17/h2-9,17H,10-14H2,1H3,(H,23,29)(H,24,28)/t17-/m0/s1. The second-order valence-corrected chi connectivity index (χ2v) is 7.30. The largest absolute Gasteiger partial charge is 0.495 e. The first-order valence-corrected chi connectivity index (χ1v) is 9.93. The molecule has 30 heavy (non-hydrogen) atoms. The molecule has 2 aromatic rings. The second kappa shape index (κ2) is 8.44. The van der Waals surface area contributed by atoms with Crippen molar-refractivity contribution in [2.45, 2.75) is 12.5 Å². The van der Waals surface area contributed by atoms with Gasteiger partial charge in [0.25, 0.3) is 5.91 Å². The number of nitrogens with one attached hydrogen (secondary N) is 2. The van der Waals surface area contributed by atoms with Crippen LogP contribution >= 0.6 is 0 Å². The van der Waals surface area contributed by atoms with E-state index in [0.29, 0.717) is 37.4 Å². The fraction of sp³-hybridized carbons (Fsp3) is 0.318. The Kier molecular flexibility index (Phi) is 5.56. The average molecular weight is 408 g/mol. The molecule has 0 bridgehead atoms. The van der Waals surface area contributed by atoms with Gasteiger partial charge in [0.05, 0.1) is 30.5 Å². The fourth-order valence-corrected chi connectivity index (χ4v) is 3.85. The lowest BCUT2D eigenvalue weighted by Crippen LogP contribution is -2.51. The molecule has 1 saturated heterocycles. The van der Waals surface area contributed by atoms with E-state index in [1.165, 1.54) is 0 Å². The molecule has 2 aliphatic rings. The highest BCUT2D eigenvalue weighted by atomic mass is 16.5. The maximum absolute atomic E-state index is 12.8.